The second-order valence-corrected chi connectivity index (χ2v) is 3.96. The molecular formula is C6H6N4O8. The minimum absolute atomic E-state index is 0.540. The monoisotopic (exact) mass is 263 g/mol. The zero-order valence-electron chi connectivity index (χ0n) is 9.44. The van der Waals surface area contributed by atoms with E-state index in [9.17, 15) is 20.2 Å². The van der Waals surface area contributed by atoms with Crippen LogP contribution in [0.3, 0.4) is 0 Å². The normalized spacial score (nSPS) is 52.7. The lowest BCUT2D eigenvalue weighted by Crippen LogP contribution is -2.69. The van der Waals surface area contributed by atoms with E-state index in [0.29, 0.717) is 10.0 Å². The van der Waals surface area contributed by atoms with Gasteiger partial charge in [0, 0.05) is 0 Å². The Labute approximate surface area is 99.2 Å². The predicted octanol–water partition coefficient (Wildman–Crippen LogP) is -1.95. The zero-order chi connectivity index (χ0) is 13.5. The molecule has 0 amide bonds. The lowest BCUT2D eigenvalue weighted by atomic mass is 10.3. The molecule has 0 aliphatic carbocycles. The summed E-state index contributed by atoms with van der Waals surface area (Å²) >= 11 is 0. The van der Waals surface area contributed by atoms with Crippen molar-refractivity contribution in [2.24, 2.45) is 0 Å². The molecule has 5 rings (SSSR count). The van der Waals surface area contributed by atoms with Gasteiger partial charge >= 0.3 is 0 Å². The van der Waals surface area contributed by atoms with Gasteiger partial charge < -0.3 is 18.9 Å². The van der Waals surface area contributed by atoms with Gasteiger partial charge in [-0.05, 0) is 0 Å². The molecule has 5 saturated heterocycles. The van der Waals surface area contributed by atoms with Crippen LogP contribution in [0.2, 0.25) is 0 Å². The van der Waals surface area contributed by atoms with E-state index < -0.39 is 47.5 Å². The van der Waals surface area contributed by atoms with Crippen LogP contribution in [-0.2, 0) is 18.9 Å². The summed E-state index contributed by atoms with van der Waals surface area (Å²) in [6.45, 7) is 0. The molecule has 5 aliphatic heterocycles. The third-order valence-corrected chi connectivity index (χ3v) is 3.10. The molecule has 5 fully saturated rings. The van der Waals surface area contributed by atoms with Crippen LogP contribution in [0.15, 0.2) is 0 Å². The Morgan fingerprint density at radius 3 is 1.67 bits per heavy atom. The van der Waals surface area contributed by atoms with E-state index in [1.807, 2.05) is 0 Å². The van der Waals surface area contributed by atoms with Crippen molar-refractivity contribution < 1.29 is 30.4 Å². The fourth-order valence-electron chi connectivity index (χ4n) is 2.44. The molecule has 12 nitrogen and oxygen atoms in total. The lowest BCUT2D eigenvalue weighted by molar-refractivity contribution is -0.747. The van der Waals surface area contributed by atoms with Crippen molar-refractivity contribution in [2.75, 3.05) is 0 Å². The quantitative estimate of drug-likeness (QED) is 0.409. The molecule has 5 aliphatic rings. The molecule has 0 saturated carbocycles. The first-order chi connectivity index (χ1) is 8.92. The first kappa shape index (κ1) is 9.21. The van der Waals surface area contributed by atoms with E-state index >= 15 is 0 Å². The highest BCUT2D eigenvalue weighted by atomic mass is 16.9. The molecule has 12 heteroatoms. The van der Waals surface area contributed by atoms with Gasteiger partial charge in [-0.2, -0.15) is 0 Å². The summed E-state index contributed by atoms with van der Waals surface area (Å²) in [7, 11) is 0. The highest BCUT2D eigenvalue weighted by molar-refractivity contribution is 4.92. The fraction of sp³-hybridized carbons (Fsp3) is 1.00. The molecule has 4 atom stereocenters. The smallest absolute Gasteiger partial charge is 0.243 e. The maximum atomic E-state index is 11.0. The van der Waals surface area contributed by atoms with Crippen LogP contribution in [0, 0.1) is 20.2 Å². The zero-order valence-corrected chi connectivity index (χ0v) is 8.44. The molecule has 0 aromatic rings. The van der Waals surface area contributed by atoms with Crippen molar-refractivity contribution in [3.05, 3.63) is 20.2 Å². The summed E-state index contributed by atoms with van der Waals surface area (Å²) < 4.78 is 28.3. The summed E-state index contributed by atoms with van der Waals surface area (Å²) in [5.74, 6) is 0. The summed E-state index contributed by atoms with van der Waals surface area (Å²) in [4.78, 5) is 22.1. The first-order valence-electron chi connectivity index (χ1n) is 5.44. The summed E-state index contributed by atoms with van der Waals surface area (Å²) in [6.07, 6.45) is -9.02. The second-order valence-electron chi connectivity index (χ2n) is 3.96. The summed E-state index contributed by atoms with van der Waals surface area (Å²) in [5.41, 5.74) is 0. The minimum Gasteiger partial charge on any atom is -0.314 e. The van der Waals surface area contributed by atoms with Crippen molar-refractivity contribution in [3.63, 3.8) is 0 Å². The molecule has 98 valence electrons. The van der Waals surface area contributed by atoms with Gasteiger partial charge in [0.2, 0.25) is 37.5 Å². The second kappa shape index (κ2) is 2.97. The third-order valence-electron chi connectivity index (χ3n) is 3.10. The van der Waals surface area contributed by atoms with Crippen molar-refractivity contribution >= 4 is 0 Å². The number of rotatable bonds is 2. The average Bonchev–Trinajstić information content (AvgIpc) is 2.78. The van der Waals surface area contributed by atoms with Gasteiger partial charge in [-0.1, -0.05) is 10.0 Å². The van der Waals surface area contributed by atoms with Gasteiger partial charge in [-0.15, -0.1) is 0 Å². The van der Waals surface area contributed by atoms with Gasteiger partial charge in [-0.3, -0.25) is 0 Å². The van der Waals surface area contributed by atoms with E-state index in [1.165, 1.54) is 0 Å². The van der Waals surface area contributed by atoms with Crippen molar-refractivity contribution in [2.45, 2.75) is 37.5 Å². The van der Waals surface area contributed by atoms with E-state index in [1.54, 1.807) is 0 Å². The van der Waals surface area contributed by atoms with Gasteiger partial charge in [-0.25, -0.2) is 20.2 Å². The van der Waals surface area contributed by atoms with Gasteiger partial charge in [0.25, 0.3) is 0 Å². The van der Waals surface area contributed by atoms with Gasteiger partial charge in [0.05, 0.1) is 1.37 Å². The molecular weight excluding hydrogens is 256 g/mol. The predicted molar refractivity (Wildman–Crippen MR) is 44.7 cm³/mol. The van der Waals surface area contributed by atoms with Crippen LogP contribution < -0.4 is 0 Å². The fourth-order valence-corrected chi connectivity index (χ4v) is 2.44. The van der Waals surface area contributed by atoms with E-state index in [-0.39, 0.29) is 0 Å². The lowest BCUT2D eigenvalue weighted by Gasteiger charge is -2.37. The number of ether oxygens (including phenoxy) is 4. The van der Waals surface area contributed by atoms with Crippen LogP contribution in [0.1, 0.15) is 1.37 Å². The molecule has 0 radical (unpaired) electrons. The maximum absolute atomic E-state index is 11.0. The number of hydrogen-bond donors (Lipinski definition) is 0. The van der Waals surface area contributed by atoms with Gasteiger partial charge in [0.15, 0.2) is 10.1 Å². The van der Waals surface area contributed by atoms with Crippen LogP contribution in [0.4, 0.5) is 0 Å². The number of hydrazine groups is 2. The third kappa shape index (κ3) is 0.989. The number of hydrogen-bond acceptors (Lipinski definition) is 8. The molecule has 6 bridgehead atoms. The average molecular weight is 263 g/mol. The summed E-state index contributed by atoms with van der Waals surface area (Å²) in [6, 6.07) is 0. The van der Waals surface area contributed by atoms with Crippen molar-refractivity contribution in [1.29, 1.82) is 0 Å². The Balaban J connectivity index is 1.87. The number of piperazine rings is 1. The topological polar surface area (TPSA) is 130 Å². The maximum Gasteiger partial charge on any atom is 0.243 e. The van der Waals surface area contributed by atoms with Gasteiger partial charge in [0.1, 0.15) is 0 Å². The Morgan fingerprint density at radius 1 is 0.889 bits per heavy atom. The Hall–Kier alpha value is -1.76. The van der Waals surface area contributed by atoms with Crippen molar-refractivity contribution in [3.8, 4) is 0 Å². The SMILES string of the molecule is [2H]C12OC3C(O1)N([N+](=O)[O-])C1OC2OC1N3[N+](=O)[O-]. The van der Waals surface area contributed by atoms with Crippen LogP contribution >= 0.6 is 0 Å². The van der Waals surface area contributed by atoms with Crippen LogP contribution in [0.5, 0.6) is 0 Å². The Morgan fingerprint density at radius 2 is 1.28 bits per heavy atom. The Kier molecular flexibility index (Phi) is 1.52. The molecule has 0 aromatic heterocycles. The molecule has 5 heterocycles. The van der Waals surface area contributed by atoms with E-state index in [0.717, 1.165) is 0 Å². The molecule has 0 spiro atoms. The molecule has 18 heavy (non-hydrogen) atoms. The van der Waals surface area contributed by atoms with Crippen LogP contribution in [0.25, 0.3) is 0 Å². The van der Waals surface area contributed by atoms with E-state index in [4.69, 9.17) is 20.3 Å². The number of nitrogens with zero attached hydrogens (tertiary/aromatic N) is 4. The highest BCUT2D eigenvalue weighted by Gasteiger charge is 2.72. The Bertz CT molecular complexity index is 452. The number of nitro groups is 2. The molecule has 0 aromatic carbocycles. The van der Waals surface area contributed by atoms with E-state index in [2.05, 4.69) is 0 Å². The first-order valence-corrected chi connectivity index (χ1v) is 4.94. The van der Waals surface area contributed by atoms with Crippen LogP contribution in [-0.4, -0.2) is 57.6 Å². The van der Waals surface area contributed by atoms with Crippen molar-refractivity contribution in [1.82, 2.24) is 10.0 Å². The highest BCUT2D eigenvalue weighted by Crippen LogP contribution is 2.45. The molecule has 4 unspecified atom stereocenters. The summed E-state index contributed by atoms with van der Waals surface area (Å²) in [5, 5.41) is 21.5. The standard InChI is InChI=1S/C6H6N4O8/c11-9(12)7-1-2-8(10(13)14)4-3(7)17-6(18-4)5(15-1)16-2/h1-6H/i5D. The largest absolute Gasteiger partial charge is 0.314 e. The minimum atomic E-state index is -2.15. The molecule has 0 N–H and O–H groups in total.